The standard InChI is InChI=1S/C24H26FN3O3S/c1-2-31-24(30)27-13-11-26(12-14-27)23(29)17-32-22-16-28(21-6-4-3-5-20(21)22)15-18-7-9-19(25)10-8-18/h3-10,16H,2,11-15,17H2,1H3. The molecule has 8 heteroatoms. The minimum Gasteiger partial charge on any atom is -0.450 e. The zero-order chi connectivity index (χ0) is 22.5. The van der Waals surface area contributed by atoms with Crippen LogP contribution in [0.25, 0.3) is 10.9 Å². The molecule has 2 heterocycles. The number of thioether (sulfide) groups is 1. The molecule has 1 aliphatic rings. The third-order valence-corrected chi connectivity index (χ3v) is 6.56. The number of amides is 2. The average Bonchev–Trinajstić information content (AvgIpc) is 3.16. The molecule has 0 saturated carbocycles. The number of benzene rings is 2. The summed E-state index contributed by atoms with van der Waals surface area (Å²) in [5.74, 6) is 0.155. The van der Waals surface area contributed by atoms with Crippen LogP contribution in [-0.2, 0) is 16.1 Å². The van der Waals surface area contributed by atoms with Crippen molar-refractivity contribution in [1.82, 2.24) is 14.4 Å². The molecule has 0 aliphatic carbocycles. The Kier molecular flexibility index (Phi) is 6.99. The number of ether oxygens (including phenoxy) is 1. The average molecular weight is 456 g/mol. The van der Waals surface area contributed by atoms with Crippen molar-refractivity contribution >= 4 is 34.7 Å². The van der Waals surface area contributed by atoms with Crippen LogP contribution in [0.3, 0.4) is 0 Å². The number of halogens is 1. The molecule has 0 N–H and O–H groups in total. The van der Waals surface area contributed by atoms with Crippen LogP contribution in [0.15, 0.2) is 59.6 Å². The molecule has 0 unspecified atom stereocenters. The molecule has 0 bridgehead atoms. The lowest BCUT2D eigenvalue weighted by Crippen LogP contribution is -2.51. The molecular weight excluding hydrogens is 429 g/mol. The second kappa shape index (κ2) is 10.1. The number of hydrogen-bond donors (Lipinski definition) is 0. The van der Waals surface area contributed by atoms with Crippen LogP contribution in [-0.4, -0.2) is 64.9 Å². The van der Waals surface area contributed by atoms with E-state index in [0.717, 1.165) is 21.4 Å². The van der Waals surface area contributed by atoms with E-state index in [1.807, 2.05) is 12.1 Å². The summed E-state index contributed by atoms with van der Waals surface area (Å²) in [5, 5.41) is 1.10. The number of piperazine rings is 1. The molecule has 3 aromatic rings. The SMILES string of the molecule is CCOC(=O)N1CCN(C(=O)CSc2cn(Cc3ccc(F)cc3)c3ccccc23)CC1. The fourth-order valence-corrected chi connectivity index (χ4v) is 4.82. The van der Waals surface area contributed by atoms with Gasteiger partial charge in [0.1, 0.15) is 5.82 Å². The zero-order valence-electron chi connectivity index (χ0n) is 18.0. The van der Waals surface area contributed by atoms with Crippen molar-refractivity contribution < 1.29 is 18.7 Å². The van der Waals surface area contributed by atoms with Gasteiger partial charge in [-0.3, -0.25) is 4.79 Å². The lowest BCUT2D eigenvalue weighted by atomic mass is 10.2. The Morgan fingerprint density at radius 1 is 1.00 bits per heavy atom. The first-order valence-corrected chi connectivity index (χ1v) is 11.7. The van der Waals surface area contributed by atoms with E-state index in [1.165, 1.54) is 23.9 Å². The number of hydrogen-bond acceptors (Lipinski definition) is 4. The smallest absolute Gasteiger partial charge is 0.409 e. The number of aromatic nitrogens is 1. The monoisotopic (exact) mass is 455 g/mol. The van der Waals surface area contributed by atoms with Gasteiger partial charge in [-0.05, 0) is 30.7 Å². The van der Waals surface area contributed by atoms with Crippen LogP contribution in [0.4, 0.5) is 9.18 Å². The van der Waals surface area contributed by atoms with Gasteiger partial charge >= 0.3 is 6.09 Å². The largest absolute Gasteiger partial charge is 0.450 e. The van der Waals surface area contributed by atoms with E-state index in [4.69, 9.17) is 4.74 Å². The highest BCUT2D eigenvalue weighted by molar-refractivity contribution is 8.00. The van der Waals surface area contributed by atoms with Gasteiger partial charge in [0.2, 0.25) is 5.91 Å². The Bertz CT molecular complexity index is 1090. The van der Waals surface area contributed by atoms with Crippen molar-refractivity contribution in [2.75, 3.05) is 38.5 Å². The Morgan fingerprint density at radius 3 is 2.41 bits per heavy atom. The minimum atomic E-state index is -0.317. The van der Waals surface area contributed by atoms with Crippen molar-refractivity contribution in [3.8, 4) is 0 Å². The molecule has 4 rings (SSSR count). The first-order chi connectivity index (χ1) is 15.5. The highest BCUT2D eigenvalue weighted by Gasteiger charge is 2.25. The quantitative estimate of drug-likeness (QED) is 0.522. The molecule has 0 radical (unpaired) electrons. The molecule has 6 nitrogen and oxygen atoms in total. The maximum absolute atomic E-state index is 13.2. The third-order valence-electron chi connectivity index (χ3n) is 5.53. The maximum atomic E-state index is 13.2. The number of para-hydroxylation sites is 1. The van der Waals surface area contributed by atoms with E-state index in [9.17, 15) is 14.0 Å². The van der Waals surface area contributed by atoms with Gasteiger partial charge in [-0.1, -0.05) is 30.3 Å². The van der Waals surface area contributed by atoms with E-state index in [0.29, 0.717) is 45.1 Å². The summed E-state index contributed by atoms with van der Waals surface area (Å²) in [7, 11) is 0. The zero-order valence-corrected chi connectivity index (χ0v) is 18.8. The lowest BCUT2D eigenvalue weighted by molar-refractivity contribution is -0.129. The van der Waals surface area contributed by atoms with Crippen molar-refractivity contribution in [2.24, 2.45) is 0 Å². The first kappa shape index (κ1) is 22.2. The van der Waals surface area contributed by atoms with Crippen molar-refractivity contribution in [3.05, 3.63) is 66.1 Å². The Labute approximate surface area is 190 Å². The second-order valence-electron chi connectivity index (χ2n) is 7.62. The van der Waals surface area contributed by atoms with Crippen LogP contribution in [0.1, 0.15) is 12.5 Å². The van der Waals surface area contributed by atoms with Crippen LogP contribution < -0.4 is 0 Å². The van der Waals surface area contributed by atoms with Gasteiger partial charge in [-0.15, -0.1) is 11.8 Å². The number of rotatable bonds is 6. The predicted octanol–water partition coefficient (Wildman–Crippen LogP) is 4.22. The normalized spacial score (nSPS) is 14.1. The van der Waals surface area contributed by atoms with Crippen LogP contribution in [0.5, 0.6) is 0 Å². The van der Waals surface area contributed by atoms with Crippen molar-refractivity contribution in [1.29, 1.82) is 0 Å². The van der Waals surface area contributed by atoms with Crippen LogP contribution in [0.2, 0.25) is 0 Å². The van der Waals surface area contributed by atoms with Crippen molar-refractivity contribution in [3.63, 3.8) is 0 Å². The fourth-order valence-electron chi connectivity index (χ4n) is 3.83. The first-order valence-electron chi connectivity index (χ1n) is 10.7. The highest BCUT2D eigenvalue weighted by Crippen LogP contribution is 2.31. The third kappa shape index (κ3) is 5.07. The second-order valence-corrected chi connectivity index (χ2v) is 8.64. The van der Waals surface area contributed by atoms with Gasteiger partial charge in [0.15, 0.2) is 0 Å². The predicted molar refractivity (Wildman–Crippen MR) is 123 cm³/mol. The van der Waals surface area contributed by atoms with E-state index in [2.05, 4.69) is 22.9 Å². The summed E-state index contributed by atoms with van der Waals surface area (Å²) in [4.78, 5) is 29.1. The molecule has 2 amide bonds. The molecule has 1 aromatic heterocycles. The summed E-state index contributed by atoms with van der Waals surface area (Å²) in [5.41, 5.74) is 2.09. The maximum Gasteiger partial charge on any atom is 0.409 e. The van der Waals surface area contributed by atoms with Gasteiger partial charge in [0, 0.05) is 54.7 Å². The van der Waals surface area contributed by atoms with Gasteiger partial charge in [0.25, 0.3) is 0 Å². The number of fused-ring (bicyclic) bond motifs is 1. The topological polar surface area (TPSA) is 54.8 Å². The summed E-state index contributed by atoms with van der Waals surface area (Å²) in [6.07, 6.45) is 1.74. The Hall–Kier alpha value is -3.00. The Morgan fingerprint density at radius 2 is 1.69 bits per heavy atom. The molecule has 2 aromatic carbocycles. The fraction of sp³-hybridized carbons (Fsp3) is 0.333. The van der Waals surface area contributed by atoms with E-state index >= 15 is 0 Å². The van der Waals surface area contributed by atoms with Gasteiger partial charge in [-0.25, -0.2) is 9.18 Å². The van der Waals surface area contributed by atoms with Gasteiger partial charge in [0.05, 0.1) is 12.4 Å². The molecule has 1 saturated heterocycles. The van der Waals surface area contributed by atoms with E-state index in [-0.39, 0.29) is 17.8 Å². The highest BCUT2D eigenvalue weighted by atomic mass is 32.2. The molecule has 0 spiro atoms. The molecule has 1 aliphatic heterocycles. The molecule has 0 atom stereocenters. The lowest BCUT2D eigenvalue weighted by Gasteiger charge is -2.34. The van der Waals surface area contributed by atoms with Crippen molar-refractivity contribution in [2.45, 2.75) is 18.4 Å². The van der Waals surface area contributed by atoms with E-state index < -0.39 is 0 Å². The van der Waals surface area contributed by atoms with E-state index in [1.54, 1.807) is 28.9 Å². The molecule has 1 fully saturated rings. The number of carbonyl (C=O) groups is 2. The van der Waals surface area contributed by atoms with Crippen LogP contribution in [0, 0.1) is 5.82 Å². The molecule has 168 valence electrons. The summed E-state index contributed by atoms with van der Waals surface area (Å²) >= 11 is 1.52. The summed E-state index contributed by atoms with van der Waals surface area (Å²) in [6, 6.07) is 14.6. The number of carbonyl (C=O) groups excluding carboxylic acids is 2. The minimum absolute atomic E-state index is 0.0638. The molecule has 32 heavy (non-hydrogen) atoms. The van der Waals surface area contributed by atoms with Crippen LogP contribution >= 0.6 is 11.8 Å². The summed E-state index contributed by atoms with van der Waals surface area (Å²) in [6.45, 7) is 4.79. The summed E-state index contributed by atoms with van der Waals surface area (Å²) < 4.78 is 20.4. The van der Waals surface area contributed by atoms with Gasteiger partial charge in [-0.2, -0.15) is 0 Å². The number of nitrogens with zero attached hydrogens (tertiary/aromatic N) is 3. The molecular formula is C24H26FN3O3S. The van der Waals surface area contributed by atoms with Gasteiger partial charge < -0.3 is 19.1 Å². The Balaban J connectivity index is 1.40.